The largest absolute Gasteiger partial charge is 0.348 e. The minimum absolute atomic E-state index is 0.170. The number of carbonyl (C=O) groups is 1. The molecule has 0 spiro atoms. The molecule has 1 amide bonds. The number of nitrogens with one attached hydrogen (secondary N) is 1. The molecule has 0 aromatic heterocycles. The third-order valence-electron chi connectivity index (χ3n) is 2.52. The van der Waals surface area contributed by atoms with Gasteiger partial charge >= 0.3 is 0 Å². The van der Waals surface area contributed by atoms with E-state index >= 15 is 0 Å². The van der Waals surface area contributed by atoms with E-state index in [4.69, 9.17) is 11.6 Å². The Bertz CT molecular complexity index is 571. The molecule has 0 saturated heterocycles. The number of carbonyl (C=O) groups excluding carboxylic acids is 1. The molecule has 0 bridgehead atoms. The monoisotopic (exact) mass is 323 g/mol. The molecule has 2 aromatic rings. The summed E-state index contributed by atoms with van der Waals surface area (Å²) in [6.07, 6.45) is 0. The van der Waals surface area contributed by atoms with Gasteiger partial charge in [-0.3, -0.25) is 4.79 Å². The number of hydrogen-bond donors (Lipinski definition) is 1. The topological polar surface area (TPSA) is 29.1 Å². The fraction of sp³-hybridized carbons (Fsp3) is 0.0714. The molecule has 0 heterocycles. The van der Waals surface area contributed by atoms with Crippen molar-refractivity contribution < 1.29 is 4.79 Å². The molecule has 18 heavy (non-hydrogen) atoms. The lowest BCUT2D eigenvalue weighted by molar-refractivity contribution is 0.0951. The van der Waals surface area contributed by atoms with Crippen LogP contribution in [0.2, 0.25) is 5.02 Å². The van der Waals surface area contributed by atoms with Gasteiger partial charge < -0.3 is 5.32 Å². The Hall–Kier alpha value is -1.32. The van der Waals surface area contributed by atoms with E-state index in [0.717, 1.165) is 10.0 Å². The van der Waals surface area contributed by atoms with E-state index in [1.165, 1.54) is 0 Å². The van der Waals surface area contributed by atoms with Crippen LogP contribution < -0.4 is 5.32 Å². The first kappa shape index (κ1) is 13.1. The molecule has 0 fully saturated rings. The Morgan fingerprint density at radius 3 is 2.50 bits per heavy atom. The van der Waals surface area contributed by atoms with Gasteiger partial charge in [0.2, 0.25) is 0 Å². The van der Waals surface area contributed by atoms with Crippen LogP contribution in [0.4, 0.5) is 0 Å². The minimum Gasteiger partial charge on any atom is -0.348 e. The van der Waals surface area contributed by atoms with Crippen molar-refractivity contribution in [1.82, 2.24) is 5.32 Å². The van der Waals surface area contributed by atoms with E-state index < -0.39 is 0 Å². The first-order valence-corrected chi connectivity index (χ1v) is 6.61. The van der Waals surface area contributed by atoms with Gasteiger partial charge in [-0.25, -0.2) is 0 Å². The van der Waals surface area contributed by atoms with Gasteiger partial charge in [0.25, 0.3) is 5.91 Å². The van der Waals surface area contributed by atoms with E-state index in [1.54, 1.807) is 24.3 Å². The van der Waals surface area contributed by atoms with E-state index in [-0.39, 0.29) is 5.91 Å². The summed E-state index contributed by atoms with van der Waals surface area (Å²) >= 11 is 9.40. The lowest BCUT2D eigenvalue weighted by Gasteiger charge is -2.08. The zero-order valence-electron chi connectivity index (χ0n) is 9.49. The molecule has 2 rings (SSSR count). The van der Waals surface area contributed by atoms with Crippen LogP contribution in [0.1, 0.15) is 15.9 Å². The van der Waals surface area contributed by atoms with Crippen LogP contribution in [-0.4, -0.2) is 5.91 Å². The second-order valence-corrected chi connectivity index (χ2v) is 5.02. The molecule has 2 nitrogen and oxygen atoms in total. The summed E-state index contributed by atoms with van der Waals surface area (Å²) < 4.78 is 0.976. The van der Waals surface area contributed by atoms with Crippen LogP contribution in [-0.2, 0) is 6.54 Å². The van der Waals surface area contributed by atoms with Gasteiger partial charge in [0, 0.05) is 11.0 Å². The van der Waals surface area contributed by atoms with Gasteiger partial charge in [0.05, 0.1) is 10.6 Å². The van der Waals surface area contributed by atoms with Crippen molar-refractivity contribution >= 4 is 33.4 Å². The summed E-state index contributed by atoms with van der Waals surface area (Å²) in [6, 6.07) is 14.8. The van der Waals surface area contributed by atoms with Gasteiger partial charge in [-0.2, -0.15) is 0 Å². The molecule has 0 aliphatic carbocycles. The Balaban J connectivity index is 2.06. The zero-order chi connectivity index (χ0) is 13.0. The van der Waals surface area contributed by atoms with E-state index in [0.29, 0.717) is 17.1 Å². The maximum Gasteiger partial charge on any atom is 0.253 e. The second kappa shape index (κ2) is 6.03. The Kier molecular flexibility index (Phi) is 4.39. The maximum absolute atomic E-state index is 11.9. The second-order valence-electron chi connectivity index (χ2n) is 3.75. The van der Waals surface area contributed by atoms with Crippen molar-refractivity contribution in [2.45, 2.75) is 6.54 Å². The van der Waals surface area contributed by atoms with Crippen LogP contribution in [0.15, 0.2) is 53.0 Å². The summed E-state index contributed by atoms with van der Waals surface area (Å²) in [5.41, 5.74) is 1.52. The molecule has 0 unspecified atom stereocenters. The smallest absolute Gasteiger partial charge is 0.253 e. The van der Waals surface area contributed by atoms with Crippen LogP contribution in [0, 0.1) is 0 Å². The lowest BCUT2D eigenvalue weighted by Crippen LogP contribution is -2.23. The van der Waals surface area contributed by atoms with Gasteiger partial charge in [0.15, 0.2) is 0 Å². The first-order valence-electron chi connectivity index (χ1n) is 5.44. The van der Waals surface area contributed by atoms with Gasteiger partial charge in [0.1, 0.15) is 0 Å². The van der Waals surface area contributed by atoms with Crippen LogP contribution in [0.3, 0.4) is 0 Å². The molecule has 0 aliphatic rings. The molecule has 1 N–H and O–H groups in total. The molecule has 0 saturated carbocycles. The average molecular weight is 325 g/mol. The summed E-state index contributed by atoms with van der Waals surface area (Å²) in [4.78, 5) is 11.9. The molecule has 92 valence electrons. The van der Waals surface area contributed by atoms with Crippen LogP contribution in [0.5, 0.6) is 0 Å². The van der Waals surface area contributed by atoms with E-state index in [9.17, 15) is 4.79 Å². The van der Waals surface area contributed by atoms with Crippen molar-refractivity contribution in [3.63, 3.8) is 0 Å². The SMILES string of the molecule is O=C(NCc1ccccc1Br)c1ccccc1Cl. The highest BCUT2D eigenvalue weighted by molar-refractivity contribution is 9.10. The lowest BCUT2D eigenvalue weighted by atomic mass is 10.2. The third-order valence-corrected chi connectivity index (χ3v) is 3.62. The highest BCUT2D eigenvalue weighted by atomic mass is 79.9. The van der Waals surface area contributed by atoms with Crippen molar-refractivity contribution in [3.05, 3.63) is 69.2 Å². The summed E-state index contributed by atoms with van der Waals surface area (Å²) in [6.45, 7) is 0.464. The number of amides is 1. The molecule has 0 radical (unpaired) electrons. The summed E-state index contributed by atoms with van der Waals surface area (Å²) in [5.74, 6) is -0.170. The highest BCUT2D eigenvalue weighted by Crippen LogP contribution is 2.17. The van der Waals surface area contributed by atoms with Gasteiger partial charge in [-0.1, -0.05) is 57.9 Å². The standard InChI is InChI=1S/C14H11BrClNO/c15-12-7-3-1-5-10(12)9-17-14(18)11-6-2-4-8-13(11)16/h1-8H,9H2,(H,17,18). The summed E-state index contributed by atoms with van der Waals surface area (Å²) in [7, 11) is 0. The Morgan fingerprint density at radius 1 is 1.11 bits per heavy atom. The molecular weight excluding hydrogens is 314 g/mol. The van der Waals surface area contributed by atoms with Crippen molar-refractivity contribution in [2.24, 2.45) is 0 Å². The van der Waals surface area contributed by atoms with Crippen LogP contribution >= 0.6 is 27.5 Å². The van der Waals surface area contributed by atoms with E-state index in [1.807, 2.05) is 24.3 Å². The van der Waals surface area contributed by atoms with Gasteiger partial charge in [-0.15, -0.1) is 0 Å². The maximum atomic E-state index is 11.9. The highest BCUT2D eigenvalue weighted by Gasteiger charge is 2.09. The fourth-order valence-electron chi connectivity index (χ4n) is 1.56. The number of rotatable bonds is 3. The third kappa shape index (κ3) is 3.12. The molecule has 0 aliphatic heterocycles. The molecule has 2 aromatic carbocycles. The normalized spacial score (nSPS) is 10.1. The fourth-order valence-corrected chi connectivity index (χ4v) is 2.20. The van der Waals surface area contributed by atoms with E-state index in [2.05, 4.69) is 21.2 Å². The predicted molar refractivity (Wildman–Crippen MR) is 76.8 cm³/mol. The number of hydrogen-bond acceptors (Lipinski definition) is 1. The molecular formula is C14H11BrClNO. The minimum atomic E-state index is -0.170. The predicted octanol–water partition coefficient (Wildman–Crippen LogP) is 4.03. The van der Waals surface area contributed by atoms with Gasteiger partial charge in [-0.05, 0) is 23.8 Å². The first-order chi connectivity index (χ1) is 8.68. The Morgan fingerprint density at radius 2 is 1.78 bits per heavy atom. The number of benzene rings is 2. The van der Waals surface area contributed by atoms with Crippen molar-refractivity contribution in [2.75, 3.05) is 0 Å². The zero-order valence-corrected chi connectivity index (χ0v) is 11.8. The number of halogens is 2. The van der Waals surface area contributed by atoms with Crippen molar-refractivity contribution in [3.8, 4) is 0 Å². The van der Waals surface area contributed by atoms with Crippen molar-refractivity contribution in [1.29, 1.82) is 0 Å². The quantitative estimate of drug-likeness (QED) is 0.907. The average Bonchev–Trinajstić information content (AvgIpc) is 2.38. The molecule has 4 heteroatoms. The van der Waals surface area contributed by atoms with Crippen LogP contribution in [0.25, 0.3) is 0 Å². The molecule has 0 atom stereocenters. The summed E-state index contributed by atoms with van der Waals surface area (Å²) in [5, 5.41) is 3.30. The Labute approximate surface area is 119 Å².